The molecule has 0 saturated heterocycles. The molecule has 0 radical (unpaired) electrons. The van der Waals surface area contributed by atoms with Crippen LogP contribution in [0.3, 0.4) is 0 Å². The Kier molecular flexibility index (Phi) is 6.52. The minimum absolute atomic E-state index is 0.293. The van der Waals surface area contributed by atoms with Crippen LogP contribution in [0, 0.1) is 0 Å². The topological polar surface area (TPSA) is 12.5 Å². The van der Waals surface area contributed by atoms with E-state index in [9.17, 15) is 0 Å². The van der Waals surface area contributed by atoms with Crippen LogP contribution in [0.15, 0.2) is 22.7 Å². The Balaban J connectivity index is 2.66. The van der Waals surface area contributed by atoms with Crippen molar-refractivity contribution in [2.75, 3.05) is 25.1 Å². The van der Waals surface area contributed by atoms with Gasteiger partial charge in [-0.25, -0.2) is 0 Å². The van der Waals surface area contributed by atoms with Gasteiger partial charge in [-0.1, -0.05) is 37.9 Å². The average molecular weight is 365 g/mol. The van der Waals surface area contributed by atoms with E-state index in [-0.39, 0.29) is 0 Å². The summed E-state index contributed by atoms with van der Waals surface area (Å²) in [5.41, 5.74) is 2.53. The van der Waals surface area contributed by atoms with Crippen LogP contribution in [-0.2, 0) is 10.1 Å². The van der Waals surface area contributed by atoms with Gasteiger partial charge in [0.25, 0.3) is 0 Å². The minimum atomic E-state index is 0.293. The number of rotatable bonds is 6. The molecule has 0 aliphatic heterocycles. The summed E-state index contributed by atoms with van der Waals surface area (Å²) in [6, 6.07) is 6.35. The largest absolute Gasteiger partial charge is 0.377 e. The number of halogens is 2. The van der Waals surface area contributed by atoms with Crippen molar-refractivity contribution in [3.63, 3.8) is 0 Å². The first-order valence-corrected chi connectivity index (χ1v) is 7.63. The first-order chi connectivity index (χ1) is 8.04. The van der Waals surface area contributed by atoms with E-state index >= 15 is 0 Å². The van der Waals surface area contributed by atoms with Gasteiger partial charge in [0, 0.05) is 29.1 Å². The Bertz CT molecular complexity index is 355. The second-order valence-electron chi connectivity index (χ2n) is 4.25. The van der Waals surface area contributed by atoms with Crippen molar-refractivity contribution < 1.29 is 4.74 Å². The van der Waals surface area contributed by atoms with Gasteiger partial charge < -0.3 is 9.64 Å². The van der Waals surface area contributed by atoms with Crippen molar-refractivity contribution in [3.8, 4) is 0 Å². The van der Waals surface area contributed by atoms with Gasteiger partial charge in [-0.2, -0.15) is 0 Å². The summed E-state index contributed by atoms with van der Waals surface area (Å²) in [5, 5.41) is 0.866. The number of ether oxygens (including phenoxy) is 1. The van der Waals surface area contributed by atoms with Crippen LogP contribution in [0.1, 0.15) is 19.4 Å². The van der Waals surface area contributed by atoms with Crippen molar-refractivity contribution in [1.82, 2.24) is 0 Å². The highest BCUT2D eigenvalue weighted by atomic mass is 79.9. The fraction of sp³-hybridized carbons (Fsp3) is 0.538. The lowest BCUT2D eigenvalue weighted by molar-refractivity contribution is 0.0846. The maximum absolute atomic E-state index is 5.57. The van der Waals surface area contributed by atoms with Crippen molar-refractivity contribution in [2.24, 2.45) is 0 Å². The van der Waals surface area contributed by atoms with E-state index < -0.39 is 0 Å². The Morgan fingerprint density at radius 2 is 2.06 bits per heavy atom. The van der Waals surface area contributed by atoms with E-state index in [0.29, 0.717) is 6.10 Å². The zero-order valence-electron chi connectivity index (χ0n) is 10.5. The van der Waals surface area contributed by atoms with Crippen LogP contribution >= 0.6 is 31.9 Å². The molecule has 0 amide bonds. The number of alkyl halides is 1. The molecule has 0 aliphatic rings. The predicted octanol–water partition coefficient (Wildman–Crippen LogP) is 4.21. The molecular formula is C13H19Br2NO. The van der Waals surface area contributed by atoms with Gasteiger partial charge >= 0.3 is 0 Å². The maximum atomic E-state index is 5.57. The second-order valence-corrected chi connectivity index (χ2v) is 5.72. The summed E-state index contributed by atoms with van der Waals surface area (Å²) in [5.74, 6) is 0. The third kappa shape index (κ3) is 4.98. The number of benzene rings is 1. The monoisotopic (exact) mass is 363 g/mol. The van der Waals surface area contributed by atoms with E-state index in [1.54, 1.807) is 0 Å². The van der Waals surface area contributed by atoms with E-state index in [0.717, 1.165) is 23.0 Å². The fourth-order valence-electron chi connectivity index (χ4n) is 1.55. The number of likely N-dealkylation sites (N-methyl/N-ethyl adjacent to an activating group) is 1. The molecule has 0 atom stereocenters. The fourth-order valence-corrected chi connectivity index (χ4v) is 2.37. The summed E-state index contributed by atoms with van der Waals surface area (Å²) >= 11 is 7.03. The highest BCUT2D eigenvalue weighted by molar-refractivity contribution is 9.10. The van der Waals surface area contributed by atoms with E-state index in [1.807, 2.05) is 0 Å². The van der Waals surface area contributed by atoms with Crippen molar-refractivity contribution in [2.45, 2.75) is 25.3 Å². The molecule has 0 heterocycles. The van der Waals surface area contributed by atoms with Gasteiger partial charge in [0.2, 0.25) is 0 Å². The highest BCUT2D eigenvalue weighted by Gasteiger charge is 2.07. The Morgan fingerprint density at radius 3 is 2.65 bits per heavy atom. The first-order valence-electron chi connectivity index (χ1n) is 5.71. The summed E-state index contributed by atoms with van der Waals surface area (Å²) in [4.78, 5) is 2.23. The van der Waals surface area contributed by atoms with Gasteiger partial charge in [0.1, 0.15) is 0 Å². The summed E-state index contributed by atoms with van der Waals surface area (Å²) in [6.07, 6.45) is 0.293. The molecule has 1 aromatic rings. The molecule has 0 N–H and O–H groups in total. The van der Waals surface area contributed by atoms with Crippen LogP contribution in [0.5, 0.6) is 0 Å². The first kappa shape index (κ1) is 15.0. The maximum Gasteiger partial charge on any atom is 0.0644 e. The smallest absolute Gasteiger partial charge is 0.0644 e. The predicted molar refractivity (Wildman–Crippen MR) is 81.1 cm³/mol. The lowest BCUT2D eigenvalue weighted by Crippen LogP contribution is -2.24. The van der Waals surface area contributed by atoms with E-state index in [2.05, 4.69) is 75.9 Å². The Morgan fingerprint density at radius 1 is 1.35 bits per heavy atom. The van der Waals surface area contributed by atoms with Crippen LogP contribution in [0.4, 0.5) is 5.69 Å². The third-order valence-electron chi connectivity index (χ3n) is 2.48. The van der Waals surface area contributed by atoms with Crippen molar-refractivity contribution in [3.05, 3.63) is 28.2 Å². The molecule has 4 heteroatoms. The van der Waals surface area contributed by atoms with Gasteiger partial charge in [-0.3, -0.25) is 0 Å². The van der Waals surface area contributed by atoms with Crippen LogP contribution in [-0.4, -0.2) is 26.3 Å². The molecule has 0 fully saturated rings. The lowest BCUT2D eigenvalue weighted by Gasteiger charge is -2.22. The van der Waals surface area contributed by atoms with Crippen LogP contribution < -0.4 is 4.90 Å². The summed E-state index contributed by atoms with van der Waals surface area (Å²) < 4.78 is 6.68. The number of nitrogens with zero attached hydrogens (tertiary/aromatic N) is 1. The molecule has 2 nitrogen and oxygen atoms in total. The van der Waals surface area contributed by atoms with Crippen molar-refractivity contribution >= 4 is 37.5 Å². The average Bonchev–Trinajstić information content (AvgIpc) is 2.28. The van der Waals surface area contributed by atoms with Gasteiger partial charge in [0.05, 0.1) is 12.7 Å². The number of anilines is 1. The molecule has 0 aromatic heterocycles. The summed E-state index contributed by atoms with van der Waals surface area (Å²) in [7, 11) is 2.09. The van der Waals surface area contributed by atoms with Crippen LogP contribution in [0.25, 0.3) is 0 Å². The molecule has 17 heavy (non-hydrogen) atoms. The molecule has 0 aliphatic carbocycles. The van der Waals surface area contributed by atoms with E-state index in [4.69, 9.17) is 4.74 Å². The molecule has 1 aromatic carbocycles. The quantitative estimate of drug-likeness (QED) is 0.701. The van der Waals surface area contributed by atoms with E-state index in [1.165, 1.54) is 11.3 Å². The minimum Gasteiger partial charge on any atom is -0.377 e. The molecule has 0 bridgehead atoms. The molecular weight excluding hydrogens is 346 g/mol. The third-order valence-corrected chi connectivity index (χ3v) is 3.58. The van der Waals surface area contributed by atoms with Gasteiger partial charge in [0.15, 0.2) is 0 Å². The highest BCUT2D eigenvalue weighted by Crippen LogP contribution is 2.26. The second kappa shape index (κ2) is 7.39. The van der Waals surface area contributed by atoms with Crippen molar-refractivity contribution in [1.29, 1.82) is 0 Å². The lowest BCUT2D eigenvalue weighted by atomic mass is 10.2. The zero-order chi connectivity index (χ0) is 12.8. The number of hydrogen-bond acceptors (Lipinski definition) is 2. The van der Waals surface area contributed by atoms with Gasteiger partial charge in [-0.15, -0.1) is 0 Å². The normalized spacial score (nSPS) is 10.9. The van der Waals surface area contributed by atoms with Gasteiger partial charge in [-0.05, 0) is 31.5 Å². The molecule has 96 valence electrons. The molecule has 0 spiro atoms. The Hall–Kier alpha value is -0.0600. The SMILES string of the molecule is CC(C)OCCN(C)c1cc(Br)ccc1CBr. The summed E-state index contributed by atoms with van der Waals surface area (Å²) in [6.45, 7) is 5.77. The zero-order valence-corrected chi connectivity index (χ0v) is 13.7. The molecule has 0 saturated carbocycles. The standard InChI is InChI=1S/C13H19Br2NO/c1-10(2)17-7-6-16(3)13-8-12(15)5-4-11(13)9-14/h4-5,8,10H,6-7,9H2,1-3H3. The van der Waals surface area contributed by atoms with Crippen LogP contribution in [0.2, 0.25) is 0 Å². The number of hydrogen-bond donors (Lipinski definition) is 0. The molecule has 0 unspecified atom stereocenters. The Labute approximate surface area is 121 Å². The molecule has 1 rings (SSSR count).